The predicted molar refractivity (Wildman–Crippen MR) is 73.7 cm³/mol. The largest absolute Gasteiger partial charge is 0.333 e. The Hall–Kier alpha value is -1.66. The minimum Gasteiger partial charge on any atom is -0.333 e. The van der Waals surface area contributed by atoms with Gasteiger partial charge in [-0.05, 0) is 19.1 Å². The maximum absolute atomic E-state index is 12.2. The highest BCUT2D eigenvalue weighted by molar-refractivity contribution is 5.94. The number of halogens is 1. The summed E-state index contributed by atoms with van der Waals surface area (Å²) in [6.07, 6.45) is 0. The van der Waals surface area contributed by atoms with Gasteiger partial charge in [0.15, 0.2) is 0 Å². The lowest BCUT2D eigenvalue weighted by Crippen LogP contribution is -2.52. The fraction of sp³-hybridized carbons (Fsp3) is 0.417. The number of rotatable bonds is 2. The molecule has 1 N–H and O–H groups in total. The van der Waals surface area contributed by atoms with Crippen LogP contribution in [0.2, 0.25) is 0 Å². The molecule has 1 saturated heterocycles. The van der Waals surface area contributed by atoms with Gasteiger partial charge in [0.1, 0.15) is 0 Å². The third-order valence-electron chi connectivity index (χ3n) is 3.09. The second-order valence-electron chi connectivity index (χ2n) is 4.36. The lowest BCUT2D eigenvalue weighted by molar-refractivity contribution is -0.384. The number of benzene rings is 1. The molecule has 1 aromatic carbocycles. The van der Waals surface area contributed by atoms with E-state index in [1.54, 1.807) is 4.90 Å². The monoisotopic (exact) mass is 285 g/mol. The first-order valence-electron chi connectivity index (χ1n) is 5.85. The molecule has 0 radical (unpaired) electrons. The van der Waals surface area contributed by atoms with Crippen molar-refractivity contribution in [1.29, 1.82) is 0 Å². The number of non-ortho nitro benzene ring substituents is 1. The number of nitrogens with one attached hydrogen (secondary N) is 1. The summed E-state index contributed by atoms with van der Waals surface area (Å²) in [5.41, 5.74) is 0.495. The quantitative estimate of drug-likeness (QED) is 0.659. The molecule has 1 fully saturated rings. The number of hydrogen-bond donors (Lipinski definition) is 1. The maximum atomic E-state index is 12.2. The molecule has 1 heterocycles. The van der Waals surface area contributed by atoms with Crippen LogP contribution in [0.5, 0.6) is 0 Å². The molecule has 2 rings (SSSR count). The normalized spacial score (nSPS) is 18.6. The Bertz CT molecular complexity index is 464. The Balaban J connectivity index is 0.00000180. The summed E-state index contributed by atoms with van der Waals surface area (Å²) >= 11 is 0. The Kier molecular flexibility index (Phi) is 5.26. The highest BCUT2D eigenvalue weighted by atomic mass is 35.5. The molecule has 104 valence electrons. The molecule has 0 bridgehead atoms. The van der Waals surface area contributed by atoms with Gasteiger partial charge in [0.05, 0.1) is 4.92 Å². The lowest BCUT2D eigenvalue weighted by atomic mass is 10.1. The summed E-state index contributed by atoms with van der Waals surface area (Å²) in [6, 6.07) is 5.88. The zero-order valence-electron chi connectivity index (χ0n) is 10.5. The maximum Gasteiger partial charge on any atom is 0.269 e. The van der Waals surface area contributed by atoms with Crippen LogP contribution in [0.3, 0.4) is 0 Å². The Morgan fingerprint density at radius 2 is 2.05 bits per heavy atom. The topological polar surface area (TPSA) is 75.5 Å². The van der Waals surface area contributed by atoms with Crippen molar-refractivity contribution in [3.8, 4) is 0 Å². The average molecular weight is 286 g/mol. The zero-order valence-corrected chi connectivity index (χ0v) is 11.4. The third-order valence-corrected chi connectivity index (χ3v) is 3.09. The van der Waals surface area contributed by atoms with Gasteiger partial charge in [-0.2, -0.15) is 0 Å². The molecule has 19 heavy (non-hydrogen) atoms. The van der Waals surface area contributed by atoms with E-state index in [4.69, 9.17) is 0 Å². The molecule has 0 aromatic heterocycles. The Morgan fingerprint density at radius 3 is 2.58 bits per heavy atom. The molecule has 1 aromatic rings. The highest BCUT2D eigenvalue weighted by Crippen LogP contribution is 2.15. The molecular formula is C12H16ClN3O3. The van der Waals surface area contributed by atoms with Gasteiger partial charge in [0.25, 0.3) is 11.6 Å². The highest BCUT2D eigenvalue weighted by Gasteiger charge is 2.24. The van der Waals surface area contributed by atoms with E-state index in [-0.39, 0.29) is 30.0 Å². The number of nitrogens with zero attached hydrogens (tertiary/aromatic N) is 2. The summed E-state index contributed by atoms with van der Waals surface area (Å²) < 4.78 is 0. The van der Waals surface area contributed by atoms with Crippen molar-refractivity contribution < 1.29 is 9.72 Å². The lowest BCUT2D eigenvalue weighted by Gasteiger charge is -2.34. The van der Waals surface area contributed by atoms with Gasteiger partial charge < -0.3 is 10.2 Å². The smallest absolute Gasteiger partial charge is 0.269 e. The van der Waals surface area contributed by atoms with E-state index >= 15 is 0 Å². The standard InChI is InChI=1S/C12H15N3O3.ClH/c1-9-8-13-6-7-14(9)12(16)10-2-4-11(5-3-10)15(17)18;/h2-5,9,13H,6-8H2,1H3;1H/t9-;/m1./s1. The van der Waals surface area contributed by atoms with Crippen LogP contribution in [-0.4, -0.2) is 41.4 Å². The molecule has 1 aliphatic rings. The van der Waals surface area contributed by atoms with Crippen LogP contribution in [-0.2, 0) is 0 Å². The summed E-state index contributed by atoms with van der Waals surface area (Å²) in [5, 5.41) is 13.7. The number of amides is 1. The number of nitro groups is 1. The van der Waals surface area contributed by atoms with E-state index in [0.29, 0.717) is 12.1 Å². The molecule has 6 nitrogen and oxygen atoms in total. The van der Waals surface area contributed by atoms with Gasteiger partial charge in [0.2, 0.25) is 0 Å². The number of hydrogen-bond acceptors (Lipinski definition) is 4. The first kappa shape index (κ1) is 15.4. The number of nitro benzene ring substituents is 1. The van der Waals surface area contributed by atoms with Gasteiger partial charge in [0, 0.05) is 43.4 Å². The van der Waals surface area contributed by atoms with Crippen molar-refractivity contribution in [3.05, 3.63) is 39.9 Å². The van der Waals surface area contributed by atoms with E-state index in [2.05, 4.69) is 5.32 Å². The van der Waals surface area contributed by atoms with E-state index in [0.717, 1.165) is 13.1 Å². The Morgan fingerprint density at radius 1 is 1.42 bits per heavy atom. The first-order chi connectivity index (χ1) is 8.59. The van der Waals surface area contributed by atoms with Gasteiger partial charge in [-0.25, -0.2) is 0 Å². The zero-order chi connectivity index (χ0) is 13.1. The average Bonchev–Trinajstić information content (AvgIpc) is 2.38. The van der Waals surface area contributed by atoms with Crippen LogP contribution in [0, 0.1) is 10.1 Å². The number of piperazine rings is 1. The van der Waals surface area contributed by atoms with Crippen molar-refractivity contribution in [2.24, 2.45) is 0 Å². The SMILES string of the molecule is C[C@@H]1CNCCN1C(=O)c1ccc([N+](=O)[O-])cc1.Cl. The second kappa shape index (κ2) is 6.49. The molecule has 0 unspecified atom stereocenters. The van der Waals surface area contributed by atoms with Crippen molar-refractivity contribution >= 4 is 24.0 Å². The molecule has 1 aliphatic heterocycles. The summed E-state index contributed by atoms with van der Waals surface area (Å²) in [4.78, 5) is 24.1. The van der Waals surface area contributed by atoms with Crippen LogP contribution in [0.1, 0.15) is 17.3 Å². The van der Waals surface area contributed by atoms with E-state index in [1.807, 2.05) is 6.92 Å². The van der Waals surface area contributed by atoms with E-state index < -0.39 is 4.92 Å². The van der Waals surface area contributed by atoms with Crippen molar-refractivity contribution in [3.63, 3.8) is 0 Å². The molecular weight excluding hydrogens is 270 g/mol. The van der Waals surface area contributed by atoms with Crippen LogP contribution in [0.15, 0.2) is 24.3 Å². The van der Waals surface area contributed by atoms with E-state index in [1.165, 1.54) is 24.3 Å². The van der Waals surface area contributed by atoms with E-state index in [9.17, 15) is 14.9 Å². The van der Waals surface area contributed by atoms with Gasteiger partial charge in [-0.15, -0.1) is 12.4 Å². The number of carbonyl (C=O) groups excluding carboxylic acids is 1. The summed E-state index contributed by atoms with van der Waals surface area (Å²) in [6.45, 7) is 4.20. The summed E-state index contributed by atoms with van der Waals surface area (Å²) in [5.74, 6) is -0.0705. The third kappa shape index (κ3) is 3.42. The molecule has 0 saturated carbocycles. The van der Waals surface area contributed by atoms with Crippen LogP contribution >= 0.6 is 12.4 Å². The predicted octanol–water partition coefficient (Wildman–Crippen LogP) is 1.45. The fourth-order valence-electron chi connectivity index (χ4n) is 2.03. The van der Waals surface area contributed by atoms with Crippen molar-refractivity contribution in [2.75, 3.05) is 19.6 Å². The van der Waals surface area contributed by atoms with Crippen LogP contribution in [0.4, 0.5) is 5.69 Å². The first-order valence-corrected chi connectivity index (χ1v) is 5.85. The van der Waals surface area contributed by atoms with Gasteiger partial charge in [-0.3, -0.25) is 14.9 Å². The molecule has 7 heteroatoms. The fourth-order valence-corrected chi connectivity index (χ4v) is 2.03. The van der Waals surface area contributed by atoms with Crippen molar-refractivity contribution in [2.45, 2.75) is 13.0 Å². The minimum absolute atomic E-state index is 0. The second-order valence-corrected chi connectivity index (χ2v) is 4.36. The molecule has 0 spiro atoms. The summed E-state index contributed by atoms with van der Waals surface area (Å²) in [7, 11) is 0. The molecule has 1 atom stereocenters. The van der Waals surface area contributed by atoms with Gasteiger partial charge >= 0.3 is 0 Å². The number of carbonyl (C=O) groups is 1. The minimum atomic E-state index is -0.471. The van der Waals surface area contributed by atoms with Crippen molar-refractivity contribution in [1.82, 2.24) is 10.2 Å². The van der Waals surface area contributed by atoms with Crippen LogP contribution in [0.25, 0.3) is 0 Å². The van der Waals surface area contributed by atoms with Crippen LogP contribution < -0.4 is 5.32 Å². The van der Waals surface area contributed by atoms with Gasteiger partial charge in [-0.1, -0.05) is 0 Å². The molecule has 1 amide bonds. The molecule has 0 aliphatic carbocycles. The Labute approximate surface area is 117 Å².